The molecule has 1 saturated heterocycles. The predicted octanol–water partition coefficient (Wildman–Crippen LogP) is 2.80. The summed E-state index contributed by atoms with van der Waals surface area (Å²) in [6, 6.07) is 2.56. The number of hydrogen-bond acceptors (Lipinski definition) is 4. The maximum Gasteiger partial charge on any atom is 0.435 e. The summed E-state index contributed by atoms with van der Waals surface area (Å²) in [5.74, 6) is 2.52. The maximum absolute atomic E-state index is 12.3. The zero-order valence-corrected chi connectivity index (χ0v) is 9.81. The van der Waals surface area contributed by atoms with E-state index in [2.05, 4.69) is 15.5 Å². The zero-order valence-electron chi connectivity index (χ0n) is 9.00. The van der Waals surface area contributed by atoms with E-state index >= 15 is 0 Å². The summed E-state index contributed by atoms with van der Waals surface area (Å²) in [6.45, 7) is 0. The SMILES string of the molecule is FC(F)(F)c1ccc(NC2CCCSC2)nn1. The summed E-state index contributed by atoms with van der Waals surface area (Å²) in [7, 11) is 0. The van der Waals surface area contributed by atoms with Crippen LogP contribution in [0.15, 0.2) is 12.1 Å². The fraction of sp³-hybridized carbons (Fsp3) is 0.600. The highest BCUT2D eigenvalue weighted by Crippen LogP contribution is 2.27. The summed E-state index contributed by atoms with van der Waals surface area (Å²) < 4.78 is 36.8. The molecule has 1 fully saturated rings. The molecule has 0 radical (unpaired) electrons. The second kappa shape index (κ2) is 5.12. The third kappa shape index (κ3) is 3.49. The number of aromatic nitrogens is 2. The Kier molecular flexibility index (Phi) is 3.76. The molecule has 1 aromatic rings. The van der Waals surface area contributed by atoms with Crippen molar-refractivity contribution in [3.8, 4) is 0 Å². The topological polar surface area (TPSA) is 37.8 Å². The van der Waals surface area contributed by atoms with E-state index < -0.39 is 11.9 Å². The molecule has 1 aliphatic heterocycles. The number of nitrogens with one attached hydrogen (secondary N) is 1. The lowest BCUT2D eigenvalue weighted by molar-refractivity contribution is -0.141. The van der Waals surface area contributed by atoms with Crippen LogP contribution in [0.4, 0.5) is 19.0 Å². The molecule has 2 heterocycles. The molecule has 2 rings (SSSR count). The summed E-state index contributed by atoms with van der Waals surface area (Å²) in [4.78, 5) is 0. The standard InChI is InChI=1S/C10H12F3N3S/c11-10(12,13)8-3-4-9(16-15-8)14-7-2-1-5-17-6-7/h3-4,7H,1-2,5-6H2,(H,14,16). The van der Waals surface area contributed by atoms with Crippen molar-refractivity contribution in [2.75, 3.05) is 16.8 Å². The van der Waals surface area contributed by atoms with Gasteiger partial charge < -0.3 is 5.32 Å². The highest BCUT2D eigenvalue weighted by atomic mass is 32.2. The highest BCUT2D eigenvalue weighted by molar-refractivity contribution is 7.99. The third-order valence-electron chi connectivity index (χ3n) is 2.47. The first-order valence-corrected chi connectivity index (χ1v) is 6.46. The Morgan fingerprint density at radius 2 is 2.12 bits per heavy atom. The molecule has 1 N–H and O–H groups in total. The Labute approximate surface area is 101 Å². The van der Waals surface area contributed by atoms with E-state index in [1.165, 1.54) is 6.07 Å². The van der Waals surface area contributed by atoms with Gasteiger partial charge in [0.15, 0.2) is 5.69 Å². The highest BCUT2D eigenvalue weighted by Gasteiger charge is 2.32. The lowest BCUT2D eigenvalue weighted by atomic mass is 10.2. The lowest BCUT2D eigenvalue weighted by Crippen LogP contribution is -2.26. The first-order valence-electron chi connectivity index (χ1n) is 5.31. The minimum absolute atomic E-state index is 0.278. The zero-order chi connectivity index (χ0) is 12.3. The predicted molar refractivity (Wildman–Crippen MR) is 61.0 cm³/mol. The van der Waals surface area contributed by atoms with Crippen LogP contribution in [0.1, 0.15) is 18.5 Å². The molecule has 1 unspecified atom stereocenters. The Morgan fingerprint density at radius 1 is 1.29 bits per heavy atom. The van der Waals surface area contributed by atoms with Crippen molar-refractivity contribution >= 4 is 17.6 Å². The number of thioether (sulfide) groups is 1. The van der Waals surface area contributed by atoms with Crippen LogP contribution in [0.5, 0.6) is 0 Å². The van der Waals surface area contributed by atoms with Crippen LogP contribution < -0.4 is 5.32 Å². The summed E-state index contributed by atoms with van der Waals surface area (Å²) in [6.07, 6.45) is -2.28. The van der Waals surface area contributed by atoms with Crippen molar-refractivity contribution in [2.45, 2.75) is 25.1 Å². The average molecular weight is 263 g/mol. The van der Waals surface area contributed by atoms with Crippen LogP contribution in [0, 0.1) is 0 Å². The first kappa shape index (κ1) is 12.5. The van der Waals surface area contributed by atoms with E-state index in [1.807, 2.05) is 11.8 Å². The molecular weight excluding hydrogens is 251 g/mol. The molecule has 0 saturated carbocycles. The number of alkyl halides is 3. The van der Waals surface area contributed by atoms with Gasteiger partial charge in [0, 0.05) is 11.8 Å². The van der Waals surface area contributed by atoms with Gasteiger partial charge in [0.05, 0.1) is 0 Å². The van der Waals surface area contributed by atoms with Crippen LogP contribution in [-0.2, 0) is 6.18 Å². The molecular formula is C10H12F3N3S. The average Bonchev–Trinajstić information content (AvgIpc) is 2.30. The van der Waals surface area contributed by atoms with Crippen LogP contribution in [0.25, 0.3) is 0 Å². The Morgan fingerprint density at radius 3 is 2.65 bits per heavy atom. The van der Waals surface area contributed by atoms with Gasteiger partial charge >= 0.3 is 6.18 Å². The van der Waals surface area contributed by atoms with Gasteiger partial charge in [-0.05, 0) is 30.7 Å². The monoisotopic (exact) mass is 263 g/mol. The Balaban J connectivity index is 1.98. The number of rotatable bonds is 2. The van der Waals surface area contributed by atoms with Crippen molar-refractivity contribution in [1.29, 1.82) is 0 Å². The van der Waals surface area contributed by atoms with Crippen LogP contribution >= 0.6 is 11.8 Å². The number of hydrogen-bond donors (Lipinski definition) is 1. The molecule has 7 heteroatoms. The molecule has 17 heavy (non-hydrogen) atoms. The van der Waals surface area contributed by atoms with E-state index in [1.54, 1.807) is 0 Å². The van der Waals surface area contributed by atoms with E-state index in [9.17, 15) is 13.2 Å². The van der Waals surface area contributed by atoms with Gasteiger partial charge in [-0.3, -0.25) is 0 Å². The van der Waals surface area contributed by atoms with E-state index in [0.717, 1.165) is 30.4 Å². The van der Waals surface area contributed by atoms with Crippen molar-refractivity contribution in [3.05, 3.63) is 17.8 Å². The minimum Gasteiger partial charge on any atom is -0.365 e. The van der Waals surface area contributed by atoms with Crippen molar-refractivity contribution in [2.24, 2.45) is 0 Å². The molecule has 1 atom stereocenters. The van der Waals surface area contributed by atoms with E-state index in [4.69, 9.17) is 0 Å². The molecule has 1 aromatic heterocycles. The van der Waals surface area contributed by atoms with Crippen LogP contribution in [0.2, 0.25) is 0 Å². The van der Waals surface area contributed by atoms with Crippen LogP contribution in [-0.4, -0.2) is 27.7 Å². The van der Waals surface area contributed by atoms with Crippen LogP contribution in [0.3, 0.4) is 0 Å². The minimum atomic E-state index is -4.42. The fourth-order valence-electron chi connectivity index (χ4n) is 1.62. The van der Waals surface area contributed by atoms with Crippen molar-refractivity contribution < 1.29 is 13.2 Å². The number of halogens is 3. The van der Waals surface area contributed by atoms with Gasteiger partial charge in [-0.1, -0.05) is 0 Å². The second-order valence-corrected chi connectivity index (χ2v) is 5.01. The first-order chi connectivity index (χ1) is 8.05. The summed E-state index contributed by atoms with van der Waals surface area (Å²) >= 11 is 1.84. The van der Waals surface area contributed by atoms with E-state index in [0.29, 0.717) is 5.82 Å². The van der Waals surface area contributed by atoms with Gasteiger partial charge in [-0.2, -0.15) is 24.9 Å². The summed E-state index contributed by atoms with van der Waals surface area (Å²) in [5, 5.41) is 9.82. The summed E-state index contributed by atoms with van der Waals surface area (Å²) in [5.41, 5.74) is -0.957. The molecule has 3 nitrogen and oxygen atoms in total. The Bertz CT molecular complexity index is 360. The molecule has 0 amide bonds. The molecule has 0 bridgehead atoms. The van der Waals surface area contributed by atoms with E-state index in [-0.39, 0.29) is 6.04 Å². The van der Waals surface area contributed by atoms with Gasteiger partial charge in [0.25, 0.3) is 0 Å². The molecule has 94 valence electrons. The number of nitrogens with zero attached hydrogens (tertiary/aromatic N) is 2. The quantitative estimate of drug-likeness (QED) is 0.890. The normalized spacial score (nSPS) is 21.2. The van der Waals surface area contributed by atoms with Gasteiger partial charge in [0.2, 0.25) is 0 Å². The lowest BCUT2D eigenvalue weighted by Gasteiger charge is -2.22. The van der Waals surface area contributed by atoms with Gasteiger partial charge in [-0.25, -0.2) is 0 Å². The molecule has 0 aliphatic carbocycles. The van der Waals surface area contributed by atoms with Crippen molar-refractivity contribution in [3.63, 3.8) is 0 Å². The fourth-order valence-corrected chi connectivity index (χ4v) is 2.70. The number of anilines is 1. The largest absolute Gasteiger partial charge is 0.435 e. The third-order valence-corrected chi connectivity index (χ3v) is 3.68. The van der Waals surface area contributed by atoms with Crippen molar-refractivity contribution in [1.82, 2.24) is 10.2 Å². The van der Waals surface area contributed by atoms with Gasteiger partial charge in [-0.15, -0.1) is 10.2 Å². The molecule has 0 spiro atoms. The Hall–Kier alpha value is -0.980. The maximum atomic E-state index is 12.3. The molecule has 0 aromatic carbocycles. The smallest absolute Gasteiger partial charge is 0.365 e. The van der Waals surface area contributed by atoms with Gasteiger partial charge in [0.1, 0.15) is 5.82 Å². The second-order valence-electron chi connectivity index (χ2n) is 3.86. The molecule has 1 aliphatic rings.